The molecule has 0 spiro atoms. The summed E-state index contributed by atoms with van der Waals surface area (Å²) in [7, 11) is -1.42. The summed E-state index contributed by atoms with van der Waals surface area (Å²) in [5.74, 6) is 0. The molecular weight excluding hydrogens is 216 g/mol. The van der Waals surface area contributed by atoms with Gasteiger partial charge in [0.15, 0.2) is 0 Å². The highest BCUT2D eigenvalue weighted by molar-refractivity contribution is 6.85. The molecule has 1 rings (SSSR count). The molecular formula is C13H26O2Si. The Morgan fingerprint density at radius 2 is 1.88 bits per heavy atom. The van der Waals surface area contributed by atoms with Crippen molar-refractivity contribution in [3.63, 3.8) is 0 Å². The van der Waals surface area contributed by atoms with Crippen LogP contribution in [0.3, 0.4) is 0 Å². The van der Waals surface area contributed by atoms with Crippen LogP contribution in [0.5, 0.6) is 0 Å². The molecule has 0 N–H and O–H groups in total. The minimum absolute atomic E-state index is 0.482. The standard InChI is InChI=1S/C13H26O2Si/c1-2-3-4-5-6-7-10-13(14)16-12-9-8-11-15-16/h16H,2-12H2,1H3. The van der Waals surface area contributed by atoms with E-state index in [1.807, 2.05) is 0 Å². The van der Waals surface area contributed by atoms with Crippen LogP contribution < -0.4 is 0 Å². The van der Waals surface area contributed by atoms with Crippen molar-refractivity contribution in [2.75, 3.05) is 6.61 Å². The SMILES string of the molecule is CCCCCCCCC(=O)[SiH]1CCCCO1. The highest BCUT2D eigenvalue weighted by Crippen LogP contribution is 2.14. The molecule has 1 atom stereocenters. The molecule has 0 amide bonds. The molecule has 0 bridgehead atoms. The van der Waals surface area contributed by atoms with Gasteiger partial charge in [0.1, 0.15) is 5.41 Å². The molecule has 1 fully saturated rings. The van der Waals surface area contributed by atoms with E-state index < -0.39 is 9.04 Å². The van der Waals surface area contributed by atoms with Gasteiger partial charge in [-0.05, 0) is 18.9 Å². The van der Waals surface area contributed by atoms with Crippen LogP contribution in [0.15, 0.2) is 0 Å². The van der Waals surface area contributed by atoms with E-state index >= 15 is 0 Å². The normalized spacial score (nSPS) is 20.9. The molecule has 0 aromatic carbocycles. The number of hydrogen-bond acceptors (Lipinski definition) is 2. The van der Waals surface area contributed by atoms with Crippen molar-refractivity contribution in [1.29, 1.82) is 0 Å². The van der Waals surface area contributed by atoms with Crippen LogP contribution in [0.2, 0.25) is 6.04 Å². The fourth-order valence-electron chi connectivity index (χ4n) is 2.24. The van der Waals surface area contributed by atoms with E-state index in [1.54, 1.807) is 0 Å². The Morgan fingerprint density at radius 3 is 2.56 bits per heavy atom. The minimum atomic E-state index is -1.42. The second kappa shape index (κ2) is 8.94. The van der Waals surface area contributed by atoms with Gasteiger partial charge in [-0.1, -0.05) is 45.4 Å². The highest BCUT2D eigenvalue weighted by atomic mass is 28.3. The maximum atomic E-state index is 11.8. The van der Waals surface area contributed by atoms with Crippen LogP contribution in [0.1, 0.15) is 64.7 Å². The van der Waals surface area contributed by atoms with Crippen molar-refractivity contribution in [3.8, 4) is 0 Å². The monoisotopic (exact) mass is 242 g/mol. The summed E-state index contributed by atoms with van der Waals surface area (Å²) >= 11 is 0. The van der Waals surface area contributed by atoms with Gasteiger partial charge in [0.25, 0.3) is 0 Å². The van der Waals surface area contributed by atoms with Gasteiger partial charge in [-0.25, -0.2) is 0 Å². The van der Waals surface area contributed by atoms with Crippen molar-refractivity contribution in [1.82, 2.24) is 0 Å². The predicted molar refractivity (Wildman–Crippen MR) is 70.1 cm³/mol. The molecule has 1 aliphatic heterocycles. The highest BCUT2D eigenvalue weighted by Gasteiger charge is 2.23. The topological polar surface area (TPSA) is 26.3 Å². The first-order valence-corrected chi connectivity index (χ1v) is 8.85. The van der Waals surface area contributed by atoms with Crippen molar-refractivity contribution < 1.29 is 9.22 Å². The average Bonchev–Trinajstić information content (AvgIpc) is 2.34. The lowest BCUT2D eigenvalue weighted by atomic mass is 10.1. The van der Waals surface area contributed by atoms with E-state index in [-0.39, 0.29) is 0 Å². The molecule has 3 heteroatoms. The fourth-order valence-corrected chi connectivity index (χ4v) is 4.55. The lowest BCUT2D eigenvalue weighted by Crippen LogP contribution is -2.32. The van der Waals surface area contributed by atoms with Gasteiger partial charge in [0.2, 0.25) is 9.04 Å². The number of carbonyl (C=O) groups excluding carboxylic acids is 1. The Labute approximate surface area is 101 Å². The van der Waals surface area contributed by atoms with Crippen LogP contribution in [0.4, 0.5) is 0 Å². The van der Waals surface area contributed by atoms with Gasteiger partial charge >= 0.3 is 0 Å². The quantitative estimate of drug-likeness (QED) is 0.482. The van der Waals surface area contributed by atoms with Crippen LogP contribution in [-0.2, 0) is 9.22 Å². The van der Waals surface area contributed by atoms with Gasteiger partial charge in [-0.3, -0.25) is 0 Å². The summed E-state index contributed by atoms with van der Waals surface area (Å²) in [6, 6.07) is 1.09. The lowest BCUT2D eigenvalue weighted by molar-refractivity contribution is -0.113. The zero-order valence-corrected chi connectivity index (χ0v) is 11.8. The second-order valence-electron chi connectivity index (χ2n) is 4.84. The zero-order valence-electron chi connectivity index (χ0n) is 10.7. The van der Waals surface area contributed by atoms with Crippen LogP contribution in [0, 0.1) is 0 Å². The molecule has 16 heavy (non-hydrogen) atoms. The van der Waals surface area contributed by atoms with Crippen molar-refractivity contribution in [2.45, 2.75) is 70.8 Å². The number of unbranched alkanes of at least 4 members (excludes halogenated alkanes) is 5. The number of carbonyl (C=O) groups is 1. The minimum Gasteiger partial charge on any atom is -0.412 e. The molecule has 0 saturated carbocycles. The van der Waals surface area contributed by atoms with E-state index in [9.17, 15) is 4.79 Å². The van der Waals surface area contributed by atoms with Crippen molar-refractivity contribution >= 4 is 14.4 Å². The third-order valence-electron chi connectivity index (χ3n) is 3.32. The van der Waals surface area contributed by atoms with E-state index in [0.29, 0.717) is 5.41 Å². The number of hydrogen-bond donors (Lipinski definition) is 0. The molecule has 0 radical (unpaired) electrons. The van der Waals surface area contributed by atoms with Gasteiger partial charge in [0, 0.05) is 13.0 Å². The van der Waals surface area contributed by atoms with Gasteiger partial charge in [-0.2, -0.15) is 0 Å². The molecule has 0 aliphatic carbocycles. The van der Waals surface area contributed by atoms with E-state index in [4.69, 9.17) is 4.43 Å². The summed E-state index contributed by atoms with van der Waals surface area (Å²) in [5.41, 5.74) is 0. The largest absolute Gasteiger partial charge is 0.412 e. The van der Waals surface area contributed by atoms with E-state index in [1.165, 1.54) is 38.5 Å². The van der Waals surface area contributed by atoms with Crippen LogP contribution in [0.25, 0.3) is 0 Å². The van der Waals surface area contributed by atoms with Gasteiger partial charge in [0.05, 0.1) is 0 Å². The summed E-state index contributed by atoms with van der Waals surface area (Å²) in [6.07, 6.45) is 10.8. The Kier molecular flexibility index (Phi) is 7.77. The first-order chi connectivity index (χ1) is 7.84. The fraction of sp³-hybridized carbons (Fsp3) is 0.923. The third-order valence-corrected chi connectivity index (χ3v) is 5.89. The van der Waals surface area contributed by atoms with E-state index in [0.717, 1.165) is 31.9 Å². The average molecular weight is 242 g/mol. The summed E-state index contributed by atoms with van der Waals surface area (Å²) in [6.45, 7) is 3.08. The molecule has 2 nitrogen and oxygen atoms in total. The summed E-state index contributed by atoms with van der Waals surface area (Å²) in [5, 5.41) is 0.482. The molecule has 1 heterocycles. The van der Waals surface area contributed by atoms with Gasteiger partial charge in [-0.15, -0.1) is 0 Å². The predicted octanol–water partition coefficient (Wildman–Crippen LogP) is 3.38. The maximum absolute atomic E-state index is 11.8. The second-order valence-corrected chi connectivity index (χ2v) is 7.37. The molecule has 1 aliphatic rings. The Hall–Kier alpha value is -0.153. The van der Waals surface area contributed by atoms with Crippen molar-refractivity contribution in [3.05, 3.63) is 0 Å². The summed E-state index contributed by atoms with van der Waals surface area (Å²) < 4.78 is 5.62. The van der Waals surface area contributed by atoms with Crippen molar-refractivity contribution in [2.24, 2.45) is 0 Å². The maximum Gasteiger partial charge on any atom is 0.249 e. The smallest absolute Gasteiger partial charge is 0.249 e. The molecule has 1 unspecified atom stereocenters. The number of rotatable bonds is 8. The van der Waals surface area contributed by atoms with Gasteiger partial charge < -0.3 is 9.22 Å². The molecule has 94 valence electrons. The third kappa shape index (κ3) is 5.80. The zero-order chi connectivity index (χ0) is 11.6. The summed E-state index contributed by atoms with van der Waals surface area (Å²) in [4.78, 5) is 11.8. The Morgan fingerprint density at radius 1 is 1.12 bits per heavy atom. The first kappa shape index (κ1) is 13.9. The van der Waals surface area contributed by atoms with Crippen LogP contribution >= 0.6 is 0 Å². The van der Waals surface area contributed by atoms with Crippen LogP contribution in [-0.4, -0.2) is 21.1 Å². The lowest BCUT2D eigenvalue weighted by Gasteiger charge is -2.19. The molecule has 0 aromatic rings. The Balaban J connectivity index is 1.97. The first-order valence-electron chi connectivity index (χ1n) is 6.99. The molecule has 0 aromatic heterocycles. The van der Waals surface area contributed by atoms with E-state index in [2.05, 4.69) is 6.92 Å². The molecule has 1 saturated heterocycles. The Bertz CT molecular complexity index is 188.